The van der Waals surface area contributed by atoms with E-state index in [0.717, 1.165) is 24.1 Å². The Hall–Kier alpha value is -1.23. The van der Waals surface area contributed by atoms with Crippen LogP contribution in [0.5, 0.6) is 0 Å². The fourth-order valence-electron chi connectivity index (χ4n) is 2.47. The van der Waals surface area contributed by atoms with Gasteiger partial charge < -0.3 is 5.32 Å². The molecule has 106 valence electrons. The van der Waals surface area contributed by atoms with Gasteiger partial charge in [-0.1, -0.05) is 31.8 Å². The van der Waals surface area contributed by atoms with E-state index in [2.05, 4.69) is 37.0 Å². The van der Waals surface area contributed by atoms with Crippen LogP contribution in [-0.2, 0) is 0 Å². The molecule has 0 amide bonds. The summed E-state index contributed by atoms with van der Waals surface area (Å²) in [5, 5.41) is 3.22. The van der Waals surface area contributed by atoms with Crippen molar-refractivity contribution in [3.8, 4) is 12.3 Å². The van der Waals surface area contributed by atoms with Crippen LogP contribution in [0.2, 0.25) is 0 Å². The van der Waals surface area contributed by atoms with E-state index in [1.54, 1.807) is 0 Å². The molecule has 1 aliphatic rings. The molecule has 0 aromatic rings. The second kappa shape index (κ2) is 8.04. The maximum absolute atomic E-state index is 5.51. The highest BCUT2D eigenvalue weighted by Gasteiger charge is 2.19. The molecule has 0 saturated heterocycles. The lowest BCUT2D eigenvalue weighted by molar-refractivity contribution is 0.274. The van der Waals surface area contributed by atoms with Crippen LogP contribution in [0.1, 0.15) is 59.8 Å². The molecule has 0 unspecified atom stereocenters. The highest BCUT2D eigenvalue weighted by Crippen LogP contribution is 2.30. The summed E-state index contributed by atoms with van der Waals surface area (Å²) in [5.41, 5.74) is 2.35. The highest BCUT2D eigenvalue weighted by atomic mass is 15.0. The van der Waals surface area contributed by atoms with Crippen LogP contribution in [0.3, 0.4) is 0 Å². The van der Waals surface area contributed by atoms with Gasteiger partial charge in [0.25, 0.3) is 0 Å². The lowest BCUT2D eigenvalue weighted by atomic mass is 9.81. The van der Waals surface area contributed by atoms with Crippen molar-refractivity contribution in [2.24, 2.45) is 16.8 Å². The Morgan fingerprint density at radius 2 is 1.74 bits per heavy atom. The van der Waals surface area contributed by atoms with Gasteiger partial charge in [0.15, 0.2) is 5.84 Å². The molecule has 1 N–H and O–H groups in total. The second-order valence-electron chi connectivity index (χ2n) is 5.88. The highest BCUT2D eigenvalue weighted by molar-refractivity contribution is 5.99. The van der Waals surface area contributed by atoms with E-state index in [-0.39, 0.29) is 0 Å². The Labute approximate surface area is 118 Å². The van der Waals surface area contributed by atoms with Crippen molar-refractivity contribution in [1.29, 1.82) is 0 Å². The van der Waals surface area contributed by atoms with Gasteiger partial charge in [0, 0.05) is 12.2 Å². The molecule has 1 fully saturated rings. The van der Waals surface area contributed by atoms with E-state index in [0.29, 0.717) is 5.84 Å². The minimum atomic E-state index is 0.677. The van der Waals surface area contributed by atoms with Crippen molar-refractivity contribution in [2.45, 2.75) is 59.8 Å². The van der Waals surface area contributed by atoms with E-state index >= 15 is 0 Å². The van der Waals surface area contributed by atoms with Crippen LogP contribution in [-0.4, -0.2) is 12.4 Å². The summed E-state index contributed by atoms with van der Waals surface area (Å²) < 4.78 is 0. The first-order chi connectivity index (χ1) is 9.06. The molecule has 0 spiro atoms. The molecule has 0 aliphatic heterocycles. The molecule has 1 saturated carbocycles. The van der Waals surface area contributed by atoms with Gasteiger partial charge >= 0.3 is 0 Å². The minimum absolute atomic E-state index is 0.677. The average molecular weight is 260 g/mol. The summed E-state index contributed by atoms with van der Waals surface area (Å²) >= 11 is 0. The number of rotatable bonds is 4. The number of aliphatic imine (C=N–C) groups is 1. The van der Waals surface area contributed by atoms with Gasteiger partial charge in [0.1, 0.15) is 0 Å². The maximum atomic E-state index is 5.51. The second-order valence-corrected chi connectivity index (χ2v) is 5.88. The molecule has 2 nitrogen and oxygen atoms in total. The zero-order valence-electron chi connectivity index (χ0n) is 12.9. The van der Waals surface area contributed by atoms with Gasteiger partial charge in [-0.05, 0) is 51.4 Å². The molecule has 1 rings (SSSR count). The van der Waals surface area contributed by atoms with Crippen molar-refractivity contribution in [1.82, 2.24) is 5.32 Å². The number of hydrogen-bond acceptors (Lipinski definition) is 1. The Balaban J connectivity index is 2.46. The molecular formula is C17H28N2. The smallest absolute Gasteiger partial charge is 0.177 e. The van der Waals surface area contributed by atoms with E-state index < -0.39 is 0 Å². The van der Waals surface area contributed by atoms with Gasteiger partial charge in [-0.15, -0.1) is 6.42 Å². The number of allylic oxidation sites excluding steroid dienone is 2. The zero-order valence-corrected chi connectivity index (χ0v) is 12.9. The van der Waals surface area contributed by atoms with Gasteiger partial charge in [0.2, 0.25) is 0 Å². The number of nitrogens with zero attached hydrogens (tertiary/aromatic N) is 1. The monoisotopic (exact) mass is 260 g/mol. The lowest BCUT2D eigenvalue weighted by Crippen LogP contribution is -2.23. The third kappa shape index (κ3) is 5.51. The van der Waals surface area contributed by atoms with Crippen molar-refractivity contribution in [3.63, 3.8) is 0 Å². The molecule has 19 heavy (non-hydrogen) atoms. The summed E-state index contributed by atoms with van der Waals surface area (Å²) in [5.74, 6) is 4.99. The minimum Gasteiger partial charge on any atom is -0.337 e. The number of nitrogens with one attached hydrogen (secondary N) is 1. The molecule has 0 atom stereocenters. The first-order valence-corrected chi connectivity index (χ1v) is 7.49. The van der Waals surface area contributed by atoms with Crippen molar-refractivity contribution >= 4 is 5.84 Å². The molecular weight excluding hydrogens is 232 g/mol. The maximum Gasteiger partial charge on any atom is 0.177 e. The molecule has 1 aliphatic carbocycles. The predicted molar refractivity (Wildman–Crippen MR) is 84.1 cm³/mol. The average Bonchev–Trinajstić information content (AvgIpc) is 2.43. The lowest BCUT2D eigenvalue weighted by Gasteiger charge is -2.26. The van der Waals surface area contributed by atoms with Gasteiger partial charge in [-0.2, -0.15) is 0 Å². The van der Waals surface area contributed by atoms with Crippen LogP contribution in [0.25, 0.3) is 0 Å². The fourth-order valence-corrected chi connectivity index (χ4v) is 2.47. The Bertz CT molecular complexity index is 373. The standard InChI is InChI=1S/C17H28N2/c1-6-15-8-10-16(11-9-15)12-18-17(7-2)19-14(5)13(3)4/h2,15-16H,6,8-12H2,1,3-5H3,(H,18,19). The van der Waals surface area contributed by atoms with E-state index in [4.69, 9.17) is 6.42 Å². The van der Waals surface area contributed by atoms with Crippen LogP contribution < -0.4 is 5.32 Å². The molecule has 0 bridgehead atoms. The fraction of sp³-hybridized carbons (Fsp3) is 0.706. The molecule has 0 radical (unpaired) electrons. The van der Waals surface area contributed by atoms with E-state index in [9.17, 15) is 0 Å². The van der Waals surface area contributed by atoms with E-state index in [1.807, 2.05) is 6.92 Å². The largest absolute Gasteiger partial charge is 0.337 e. The SMILES string of the molecule is C#CC(=NCC1CCC(CC)CC1)NC(C)=C(C)C. The van der Waals surface area contributed by atoms with Crippen LogP contribution in [0.4, 0.5) is 0 Å². The molecule has 2 heteroatoms. The predicted octanol–water partition coefficient (Wildman–Crippen LogP) is 4.14. The number of hydrogen-bond donors (Lipinski definition) is 1. The summed E-state index contributed by atoms with van der Waals surface area (Å²) in [6, 6.07) is 0. The third-order valence-corrected chi connectivity index (χ3v) is 4.24. The summed E-state index contributed by atoms with van der Waals surface area (Å²) in [7, 11) is 0. The molecule has 0 heterocycles. The quantitative estimate of drug-likeness (QED) is 0.458. The first kappa shape index (κ1) is 15.8. The van der Waals surface area contributed by atoms with E-state index in [1.165, 1.54) is 37.7 Å². The Kier molecular flexibility index (Phi) is 6.70. The summed E-state index contributed by atoms with van der Waals surface area (Å²) in [6.07, 6.45) is 12.2. The van der Waals surface area contributed by atoms with Crippen molar-refractivity contribution in [3.05, 3.63) is 11.3 Å². The Morgan fingerprint density at radius 3 is 2.21 bits per heavy atom. The van der Waals surface area contributed by atoms with Gasteiger partial charge in [0.05, 0.1) is 0 Å². The number of amidine groups is 1. The van der Waals surface area contributed by atoms with Crippen molar-refractivity contribution in [2.75, 3.05) is 6.54 Å². The molecule has 0 aromatic heterocycles. The summed E-state index contributed by atoms with van der Waals surface area (Å²) in [6.45, 7) is 9.35. The van der Waals surface area contributed by atoms with Crippen molar-refractivity contribution < 1.29 is 0 Å². The van der Waals surface area contributed by atoms with Crippen LogP contribution in [0, 0.1) is 24.2 Å². The number of terminal acetylenes is 1. The third-order valence-electron chi connectivity index (χ3n) is 4.24. The van der Waals surface area contributed by atoms with Crippen LogP contribution in [0.15, 0.2) is 16.3 Å². The topological polar surface area (TPSA) is 24.4 Å². The Morgan fingerprint density at radius 1 is 1.16 bits per heavy atom. The van der Waals surface area contributed by atoms with Gasteiger partial charge in [-0.3, -0.25) is 4.99 Å². The molecule has 0 aromatic carbocycles. The first-order valence-electron chi connectivity index (χ1n) is 7.49. The zero-order chi connectivity index (χ0) is 14.3. The normalized spacial score (nSPS) is 23.6. The summed E-state index contributed by atoms with van der Waals surface area (Å²) in [4.78, 5) is 4.57. The van der Waals surface area contributed by atoms with Gasteiger partial charge in [-0.25, -0.2) is 0 Å². The van der Waals surface area contributed by atoms with Crippen LogP contribution >= 0.6 is 0 Å².